The highest BCUT2D eigenvalue weighted by Crippen LogP contribution is 2.12. The zero-order valence-electron chi connectivity index (χ0n) is 7.44. The van der Waals surface area contributed by atoms with Crippen molar-refractivity contribution < 1.29 is 0 Å². The molecule has 4 nitrogen and oxygen atoms in total. The molecule has 4 heteroatoms. The molecule has 0 aromatic carbocycles. The van der Waals surface area contributed by atoms with Crippen molar-refractivity contribution in [3.8, 4) is 0 Å². The zero-order valence-corrected chi connectivity index (χ0v) is 7.44. The third kappa shape index (κ3) is 1.58. The van der Waals surface area contributed by atoms with E-state index < -0.39 is 0 Å². The molecule has 0 aromatic heterocycles. The average molecular weight is 166 g/mol. The highest BCUT2D eigenvalue weighted by molar-refractivity contribution is 5.83. The normalized spacial score (nSPS) is 17.2. The molecular formula is C8H14N4. The number of rotatable bonds is 2. The maximum atomic E-state index is 5.49. The molecule has 4 N–H and O–H groups in total. The molecule has 0 saturated carbocycles. The molecule has 0 aromatic rings. The lowest BCUT2D eigenvalue weighted by atomic mass is 10.2. The Morgan fingerprint density at radius 1 is 1.67 bits per heavy atom. The summed E-state index contributed by atoms with van der Waals surface area (Å²) < 4.78 is 0. The van der Waals surface area contributed by atoms with Crippen LogP contribution in [0.5, 0.6) is 0 Å². The van der Waals surface area contributed by atoms with E-state index in [0.717, 1.165) is 23.6 Å². The molecule has 0 atom stereocenters. The summed E-state index contributed by atoms with van der Waals surface area (Å²) in [4.78, 5) is 4.07. The summed E-state index contributed by atoms with van der Waals surface area (Å²) in [5, 5.41) is 6.02. The predicted octanol–water partition coefficient (Wildman–Crippen LogP) is 0.259. The van der Waals surface area contributed by atoms with Crippen molar-refractivity contribution in [2.75, 3.05) is 6.54 Å². The van der Waals surface area contributed by atoms with Gasteiger partial charge in [0.25, 0.3) is 0 Å². The molecule has 0 aliphatic carbocycles. The molecule has 0 bridgehead atoms. The largest absolute Gasteiger partial charge is 0.382 e. The van der Waals surface area contributed by atoms with Crippen LogP contribution >= 0.6 is 0 Å². The number of aliphatic imine (C=N–C) groups is 1. The van der Waals surface area contributed by atoms with Crippen molar-refractivity contribution in [3.63, 3.8) is 0 Å². The lowest BCUT2D eigenvalue weighted by Gasteiger charge is -2.19. The number of nitrogens with one attached hydrogen (secondary N) is 2. The van der Waals surface area contributed by atoms with E-state index >= 15 is 0 Å². The van der Waals surface area contributed by atoms with E-state index in [-0.39, 0.29) is 0 Å². The van der Waals surface area contributed by atoms with Crippen molar-refractivity contribution in [3.05, 3.63) is 23.7 Å². The number of hydrogen-bond donors (Lipinski definition) is 3. The van der Waals surface area contributed by atoms with Gasteiger partial charge in [0.1, 0.15) is 0 Å². The molecule has 0 spiro atoms. The number of allylic oxidation sites excluding steroid dienone is 1. The van der Waals surface area contributed by atoms with Gasteiger partial charge in [0.05, 0.1) is 17.1 Å². The molecule has 0 fully saturated rings. The van der Waals surface area contributed by atoms with Crippen LogP contribution in [0.4, 0.5) is 0 Å². The van der Waals surface area contributed by atoms with Crippen molar-refractivity contribution >= 4 is 5.96 Å². The maximum absolute atomic E-state index is 5.49. The molecule has 0 amide bonds. The fraction of sp³-hybridized carbons (Fsp3) is 0.375. The van der Waals surface area contributed by atoms with Crippen LogP contribution in [-0.4, -0.2) is 12.5 Å². The third-order valence-corrected chi connectivity index (χ3v) is 1.58. The Morgan fingerprint density at radius 2 is 2.33 bits per heavy atom. The molecule has 66 valence electrons. The first kappa shape index (κ1) is 8.64. The lowest BCUT2D eigenvalue weighted by molar-refractivity contribution is 0.813. The molecule has 1 heterocycles. The Morgan fingerprint density at radius 3 is 2.83 bits per heavy atom. The van der Waals surface area contributed by atoms with Crippen molar-refractivity contribution in [2.45, 2.75) is 13.8 Å². The molecule has 0 saturated heterocycles. The second kappa shape index (κ2) is 3.30. The van der Waals surface area contributed by atoms with Crippen LogP contribution in [-0.2, 0) is 0 Å². The van der Waals surface area contributed by atoms with E-state index in [2.05, 4.69) is 22.2 Å². The van der Waals surface area contributed by atoms with Crippen LogP contribution in [0.15, 0.2) is 28.7 Å². The lowest BCUT2D eigenvalue weighted by Crippen LogP contribution is -2.37. The fourth-order valence-electron chi connectivity index (χ4n) is 1.11. The first-order valence-electron chi connectivity index (χ1n) is 3.90. The van der Waals surface area contributed by atoms with Crippen molar-refractivity contribution in [2.24, 2.45) is 10.7 Å². The van der Waals surface area contributed by atoms with E-state index in [1.807, 2.05) is 13.8 Å². The second-order valence-corrected chi connectivity index (χ2v) is 2.59. The van der Waals surface area contributed by atoms with Gasteiger partial charge in [0.15, 0.2) is 5.96 Å². The van der Waals surface area contributed by atoms with Crippen LogP contribution in [0.1, 0.15) is 13.8 Å². The monoisotopic (exact) mass is 166 g/mol. The van der Waals surface area contributed by atoms with Gasteiger partial charge in [-0.2, -0.15) is 0 Å². The van der Waals surface area contributed by atoms with E-state index in [4.69, 9.17) is 5.73 Å². The number of hydrogen-bond acceptors (Lipinski definition) is 4. The number of likely N-dealkylation sites (N-methyl/N-ethyl adjacent to an activating group) is 1. The van der Waals surface area contributed by atoms with Gasteiger partial charge in [-0.3, -0.25) is 0 Å². The van der Waals surface area contributed by atoms with Crippen LogP contribution in [0.3, 0.4) is 0 Å². The summed E-state index contributed by atoms with van der Waals surface area (Å²) in [7, 11) is 0. The third-order valence-electron chi connectivity index (χ3n) is 1.58. The molecule has 1 rings (SSSR count). The van der Waals surface area contributed by atoms with Crippen LogP contribution in [0.2, 0.25) is 0 Å². The molecule has 1 aliphatic rings. The Hall–Kier alpha value is -1.45. The number of guanidine groups is 1. The topological polar surface area (TPSA) is 62.4 Å². The van der Waals surface area contributed by atoms with Crippen LogP contribution in [0.25, 0.3) is 0 Å². The summed E-state index contributed by atoms with van der Waals surface area (Å²) in [5.74, 6) is 0.402. The minimum atomic E-state index is 0.402. The van der Waals surface area contributed by atoms with Gasteiger partial charge in [-0.05, 0) is 13.8 Å². The molecule has 0 radical (unpaired) electrons. The standard InChI is InChI=1S/C8H14N4/c1-4-10-7-5(2)11-8(9)12-6(7)3/h10H,2,4H2,1,3H3,(H3,9,11,12). The molecule has 0 unspecified atom stereocenters. The first-order valence-corrected chi connectivity index (χ1v) is 3.90. The first-order chi connectivity index (χ1) is 5.65. The minimum absolute atomic E-state index is 0.402. The Balaban J connectivity index is 2.91. The van der Waals surface area contributed by atoms with E-state index in [9.17, 15) is 0 Å². The van der Waals surface area contributed by atoms with E-state index in [1.165, 1.54) is 0 Å². The molecule has 1 aliphatic heterocycles. The highest BCUT2D eigenvalue weighted by atomic mass is 15.2. The minimum Gasteiger partial charge on any atom is -0.382 e. The summed E-state index contributed by atoms with van der Waals surface area (Å²) in [6.07, 6.45) is 0. The summed E-state index contributed by atoms with van der Waals surface area (Å²) in [6, 6.07) is 0. The maximum Gasteiger partial charge on any atom is 0.198 e. The number of nitrogens with zero attached hydrogens (tertiary/aromatic N) is 1. The highest BCUT2D eigenvalue weighted by Gasteiger charge is 2.11. The zero-order chi connectivity index (χ0) is 9.14. The SMILES string of the molecule is C=C1NC(N)=NC(C)=C1NCC. The van der Waals surface area contributed by atoms with Gasteiger partial charge >= 0.3 is 0 Å². The molecule has 12 heavy (non-hydrogen) atoms. The predicted molar refractivity (Wildman–Crippen MR) is 50.3 cm³/mol. The summed E-state index contributed by atoms with van der Waals surface area (Å²) in [6.45, 7) is 8.60. The number of nitrogens with two attached hydrogens (primary N) is 1. The quantitative estimate of drug-likeness (QED) is 0.551. The van der Waals surface area contributed by atoms with E-state index in [0.29, 0.717) is 5.96 Å². The van der Waals surface area contributed by atoms with Crippen molar-refractivity contribution in [1.29, 1.82) is 0 Å². The molecular weight excluding hydrogens is 152 g/mol. The van der Waals surface area contributed by atoms with Crippen LogP contribution < -0.4 is 16.4 Å². The Labute approximate surface area is 72.2 Å². The van der Waals surface area contributed by atoms with Gasteiger partial charge in [-0.1, -0.05) is 6.58 Å². The second-order valence-electron chi connectivity index (χ2n) is 2.59. The summed E-state index contributed by atoms with van der Waals surface area (Å²) in [5.41, 5.74) is 8.08. The summed E-state index contributed by atoms with van der Waals surface area (Å²) >= 11 is 0. The Bertz CT molecular complexity index is 262. The van der Waals surface area contributed by atoms with Gasteiger partial charge < -0.3 is 16.4 Å². The average Bonchev–Trinajstić information content (AvgIpc) is 1.96. The van der Waals surface area contributed by atoms with Gasteiger partial charge in [-0.25, -0.2) is 4.99 Å². The van der Waals surface area contributed by atoms with Gasteiger partial charge in [-0.15, -0.1) is 0 Å². The van der Waals surface area contributed by atoms with Crippen LogP contribution in [0, 0.1) is 0 Å². The van der Waals surface area contributed by atoms with E-state index in [1.54, 1.807) is 0 Å². The van der Waals surface area contributed by atoms with Crippen molar-refractivity contribution in [1.82, 2.24) is 10.6 Å². The fourth-order valence-corrected chi connectivity index (χ4v) is 1.11. The Kier molecular flexibility index (Phi) is 2.38. The van der Waals surface area contributed by atoms with Gasteiger partial charge in [0.2, 0.25) is 0 Å². The van der Waals surface area contributed by atoms with Gasteiger partial charge in [0, 0.05) is 6.54 Å². The smallest absolute Gasteiger partial charge is 0.198 e.